The summed E-state index contributed by atoms with van der Waals surface area (Å²) in [7, 11) is 0. The molecule has 0 aliphatic heterocycles. The van der Waals surface area contributed by atoms with Crippen molar-refractivity contribution in [3.8, 4) is 0 Å². The normalized spacial score (nSPS) is 6.64. The van der Waals surface area contributed by atoms with Gasteiger partial charge in [0.2, 0.25) is 0 Å². The zero-order valence-electron chi connectivity index (χ0n) is 5.83. The van der Waals surface area contributed by atoms with Crippen molar-refractivity contribution < 1.29 is 45.2 Å². The fourth-order valence-electron chi connectivity index (χ4n) is 0.564. The van der Waals surface area contributed by atoms with Crippen LogP contribution in [-0.4, -0.2) is 4.98 Å². The third-order valence-electron chi connectivity index (χ3n) is 0.910. The summed E-state index contributed by atoms with van der Waals surface area (Å²) in [6.45, 7) is 1.91. The number of anilines is 1. The molecule has 2 N–H and O–H groups in total. The number of nitrogens with zero attached hydrogens (tertiary/aromatic N) is 1. The van der Waals surface area contributed by atoms with Gasteiger partial charge in [0.1, 0.15) is 5.82 Å². The van der Waals surface area contributed by atoms with Crippen molar-refractivity contribution in [3.05, 3.63) is 23.9 Å². The molecule has 0 bridgehead atoms. The first-order valence-corrected chi connectivity index (χ1v) is 2.48. The molecule has 0 spiro atoms. The van der Waals surface area contributed by atoms with Gasteiger partial charge in [0.25, 0.3) is 0 Å². The number of nitrogen functional groups attached to an aromatic ring is 1. The number of rotatable bonds is 0. The van der Waals surface area contributed by atoms with Crippen LogP contribution in [0.5, 0.6) is 0 Å². The van der Waals surface area contributed by atoms with Crippen LogP contribution in [0.1, 0.15) is 5.69 Å². The van der Waals surface area contributed by atoms with Crippen molar-refractivity contribution in [2.24, 2.45) is 0 Å². The number of aromatic nitrogens is 1. The molecule has 1 aromatic heterocycles. The van der Waals surface area contributed by atoms with Crippen LogP contribution in [0, 0.1) is 6.92 Å². The number of aryl methyl sites for hydroxylation is 1. The summed E-state index contributed by atoms with van der Waals surface area (Å²) in [6, 6.07) is 5.57. The van der Waals surface area contributed by atoms with Crippen LogP contribution < -0.4 is 30.5 Å². The Balaban J connectivity index is -0.000000213. The van der Waals surface area contributed by atoms with E-state index >= 15 is 0 Å². The first kappa shape index (κ1) is 17.3. The Kier molecular flexibility index (Phi) is 13.1. The predicted octanol–water partition coefficient (Wildman–Crippen LogP) is -5.02. The van der Waals surface area contributed by atoms with Crippen LogP contribution in [0.25, 0.3) is 0 Å². The minimum atomic E-state index is 0. The van der Waals surface area contributed by atoms with Gasteiger partial charge in [-0.2, -0.15) is 0 Å². The second-order valence-corrected chi connectivity index (χ2v) is 1.70. The van der Waals surface area contributed by atoms with Gasteiger partial charge in [0.05, 0.1) is 0 Å². The molecule has 66 valence electrons. The van der Waals surface area contributed by atoms with Crippen LogP contribution in [0.3, 0.4) is 0 Å². The fraction of sp³-hybridized carbons (Fsp3) is 0.167. The van der Waals surface area contributed by atoms with E-state index in [0.29, 0.717) is 5.82 Å². The van der Waals surface area contributed by atoms with E-state index in [1.54, 1.807) is 6.07 Å². The number of halogens is 2. The smallest absolute Gasteiger partial charge is 1.00 e. The monoisotopic (exact) mass is 284 g/mol. The quantitative estimate of drug-likeness (QED) is 0.485. The molecule has 2 nitrogen and oxygen atoms in total. The second kappa shape index (κ2) is 8.29. The van der Waals surface area contributed by atoms with Gasteiger partial charge in [-0.1, -0.05) is 6.07 Å². The number of hydrogen-bond donors (Lipinski definition) is 1. The number of hydrogen-bond acceptors (Lipinski definition) is 2. The summed E-state index contributed by atoms with van der Waals surface area (Å²) < 4.78 is 0. The Morgan fingerprint density at radius 1 is 1.27 bits per heavy atom. The molecule has 1 heterocycles. The van der Waals surface area contributed by atoms with E-state index in [-0.39, 0.29) is 45.2 Å². The molecule has 0 saturated carbocycles. The fourth-order valence-corrected chi connectivity index (χ4v) is 0.564. The molecule has 0 aliphatic carbocycles. The van der Waals surface area contributed by atoms with Crippen LogP contribution in [0.15, 0.2) is 18.2 Å². The molecule has 5 heteroatoms. The topological polar surface area (TPSA) is 38.9 Å². The van der Waals surface area contributed by atoms with Crippen LogP contribution in [0.2, 0.25) is 0 Å². The Labute approximate surface area is 92.4 Å². The summed E-state index contributed by atoms with van der Waals surface area (Å²) >= 11 is 0. The number of pyridine rings is 1. The van der Waals surface area contributed by atoms with Gasteiger partial charge in [0, 0.05) is 5.69 Å². The van der Waals surface area contributed by atoms with Crippen LogP contribution in [-0.2, 0) is 20.4 Å². The van der Waals surface area contributed by atoms with Gasteiger partial charge in [0.15, 0.2) is 0 Å². The van der Waals surface area contributed by atoms with Crippen LogP contribution in [0.4, 0.5) is 5.82 Å². The average molecular weight is 285 g/mol. The van der Waals surface area contributed by atoms with E-state index in [4.69, 9.17) is 5.73 Å². The Hall–Kier alpha value is 0.192. The molecule has 0 radical (unpaired) electrons. The molecular formula is C6H8Cl2N2Pd. The van der Waals surface area contributed by atoms with E-state index in [0.717, 1.165) is 5.69 Å². The second-order valence-electron chi connectivity index (χ2n) is 1.70. The van der Waals surface area contributed by atoms with E-state index in [9.17, 15) is 0 Å². The zero-order valence-corrected chi connectivity index (χ0v) is 8.90. The molecule has 11 heavy (non-hydrogen) atoms. The molecule has 0 amide bonds. The van der Waals surface area contributed by atoms with Crippen LogP contribution >= 0.6 is 0 Å². The Bertz CT molecular complexity index is 178. The Morgan fingerprint density at radius 2 is 1.82 bits per heavy atom. The summed E-state index contributed by atoms with van der Waals surface area (Å²) in [5.41, 5.74) is 6.31. The summed E-state index contributed by atoms with van der Waals surface area (Å²) in [4.78, 5) is 3.95. The molecule has 0 unspecified atom stereocenters. The summed E-state index contributed by atoms with van der Waals surface area (Å²) in [5.74, 6) is 0.588. The largest absolute Gasteiger partial charge is 2.00 e. The molecule has 1 aromatic rings. The zero-order chi connectivity index (χ0) is 5.98. The van der Waals surface area contributed by atoms with E-state index < -0.39 is 0 Å². The molecular weight excluding hydrogens is 277 g/mol. The molecule has 0 saturated heterocycles. The minimum absolute atomic E-state index is 0. The average Bonchev–Trinajstić information content (AvgIpc) is 1.64. The number of nitrogens with two attached hydrogens (primary N) is 1. The van der Waals surface area contributed by atoms with E-state index in [1.807, 2.05) is 19.1 Å². The SMILES string of the molecule is Cc1cccc(N)n1.[Cl-].[Cl-].[Pd+2]. The van der Waals surface area contributed by atoms with Crippen molar-refractivity contribution in [3.63, 3.8) is 0 Å². The predicted molar refractivity (Wildman–Crippen MR) is 33.4 cm³/mol. The van der Waals surface area contributed by atoms with E-state index in [2.05, 4.69) is 4.98 Å². The molecule has 1 rings (SSSR count). The first-order valence-electron chi connectivity index (χ1n) is 2.48. The van der Waals surface area contributed by atoms with Crippen molar-refractivity contribution >= 4 is 5.82 Å². The van der Waals surface area contributed by atoms with Gasteiger partial charge in [-0.3, -0.25) is 0 Å². The van der Waals surface area contributed by atoms with Gasteiger partial charge < -0.3 is 30.5 Å². The Morgan fingerprint density at radius 3 is 2.09 bits per heavy atom. The van der Waals surface area contributed by atoms with Crippen molar-refractivity contribution in [1.82, 2.24) is 4.98 Å². The molecule has 0 atom stereocenters. The van der Waals surface area contributed by atoms with E-state index in [1.165, 1.54) is 0 Å². The summed E-state index contributed by atoms with van der Waals surface area (Å²) in [5, 5.41) is 0. The molecule has 0 fully saturated rings. The standard InChI is InChI=1S/C6H8N2.2ClH.Pd/c1-5-3-2-4-6(7)8-5;;;/h2-4H,1H3,(H2,7,8);2*1H;/q;;;+2/p-2. The first-order chi connectivity index (χ1) is 3.79. The maximum absolute atomic E-state index is 5.35. The summed E-state index contributed by atoms with van der Waals surface area (Å²) in [6.07, 6.45) is 0. The van der Waals surface area contributed by atoms with Crippen molar-refractivity contribution in [1.29, 1.82) is 0 Å². The third-order valence-corrected chi connectivity index (χ3v) is 0.910. The molecule has 0 aliphatic rings. The molecule has 0 aromatic carbocycles. The van der Waals surface area contributed by atoms with Gasteiger partial charge in [-0.25, -0.2) is 4.98 Å². The van der Waals surface area contributed by atoms with Crippen molar-refractivity contribution in [2.75, 3.05) is 5.73 Å². The van der Waals surface area contributed by atoms with Gasteiger partial charge in [-0.15, -0.1) is 0 Å². The third kappa shape index (κ3) is 6.58. The van der Waals surface area contributed by atoms with Crippen molar-refractivity contribution in [2.45, 2.75) is 6.92 Å². The maximum atomic E-state index is 5.35. The maximum Gasteiger partial charge on any atom is 2.00 e. The van der Waals surface area contributed by atoms with Gasteiger partial charge in [-0.05, 0) is 19.1 Å². The minimum Gasteiger partial charge on any atom is -1.00 e. The van der Waals surface area contributed by atoms with Gasteiger partial charge >= 0.3 is 20.4 Å².